The average molecular weight is 224 g/mol. The van der Waals surface area contributed by atoms with Crippen LogP contribution in [0.25, 0.3) is 0 Å². The standard InChI is InChI=1S/C16H32/c1-3-5-6-7-8-9-10-11-16-13-12-15(4-2)14-16/h15-16H,3-14H2,1-2H3. The van der Waals surface area contributed by atoms with Crippen LogP contribution < -0.4 is 0 Å². The largest absolute Gasteiger partial charge is 0.0654 e. The first-order chi connectivity index (χ1) is 7.86. The van der Waals surface area contributed by atoms with Gasteiger partial charge in [0.25, 0.3) is 0 Å². The molecule has 0 heterocycles. The highest BCUT2D eigenvalue weighted by molar-refractivity contribution is 4.74. The third-order valence-electron chi connectivity index (χ3n) is 4.44. The first-order valence-corrected chi connectivity index (χ1v) is 7.86. The average Bonchev–Trinajstić information content (AvgIpc) is 2.76. The lowest BCUT2D eigenvalue weighted by Crippen LogP contribution is -1.95. The Morgan fingerprint density at radius 3 is 2.00 bits per heavy atom. The van der Waals surface area contributed by atoms with Crippen LogP contribution in [-0.4, -0.2) is 0 Å². The van der Waals surface area contributed by atoms with Crippen molar-refractivity contribution in [1.82, 2.24) is 0 Å². The summed E-state index contributed by atoms with van der Waals surface area (Å²) in [4.78, 5) is 0. The third-order valence-corrected chi connectivity index (χ3v) is 4.44. The molecule has 0 bridgehead atoms. The van der Waals surface area contributed by atoms with E-state index in [1.807, 2.05) is 0 Å². The Labute approximate surface area is 103 Å². The Morgan fingerprint density at radius 2 is 1.38 bits per heavy atom. The smallest absolute Gasteiger partial charge is 0.0412 e. The molecule has 1 fully saturated rings. The first kappa shape index (κ1) is 14.1. The van der Waals surface area contributed by atoms with E-state index >= 15 is 0 Å². The second-order valence-electron chi connectivity index (χ2n) is 5.86. The maximum Gasteiger partial charge on any atom is -0.0412 e. The maximum atomic E-state index is 2.36. The van der Waals surface area contributed by atoms with Crippen molar-refractivity contribution in [2.75, 3.05) is 0 Å². The summed E-state index contributed by atoms with van der Waals surface area (Å²) in [5.41, 5.74) is 0. The zero-order valence-corrected chi connectivity index (χ0v) is 11.6. The summed E-state index contributed by atoms with van der Waals surface area (Å²) in [5, 5.41) is 0. The van der Waals surface area contributed by atoms with Crippen LogP contribution in [0.1, 0.15) is 90.9 Å². The molecule has 0 nitrogen and oxygen atoms in total. The van der Waals surface area contributed by atoms with E-state index in [1.165, 1.54) is 70.6 Å². The summed E-state index contributed by atoms with van der Waals surface area (Å²) in [6.07, 6.45) is 17.8. The molecule has 0 spiro atoms. The van der Waals surface area contributed by atoms with E-state index in [2.05, 4.69) is 13.8 Å². The lowest BCUT2D eigenvalue weighted by Gasteiger charge is -2.09. The van der Waals surface area contributed by atoms with E-state index < -0.39 is 0 Å². The van der Waals surface area contributed by atoms with E-state index in [-0.39, 0.29) is 0 Å². The molecule has 0 N–H and O–H groups in total. The summed E-state index contributed by atoms with van der Waals surface area (Å²) in [6.45, 7) is 4.66. The van der Waals surface area contributed by atoms with Gasteiger partial charge in [-0.2, -0.15) is 0 Å². The molecule has 0 heteroatoms. The van der Waals surface area contributed by atoms with Crippen molar-refractivity contribution < 1.29 is 0 Å². The number of hydrogen-bond acceptors (Lipinski definition) is 0. The molecule has 2 unspecified atom stereocenters. The normalized spacial score (nSPS) is 25.1. The highest BCUT2D eigenvalue weighted by atomic mass is 14.3. The highest BCUT2D eigenvalue weighted by Crippen LogP contribution is 2.35. The SMILES string of the molecule is CCCCCCCCCC1CCC(CC)C1. The summed E-state index contributed by atoms with van der Waals surface area (Å²) in [6, 6.07) is 0. The zero-order valence-electron chi connectivity index (χ0n) is 11.6. The molecule has 1 saturated carbocycles. The molecule has 0 aromatic carbocycles. The predicted octanol–water partition coefficient (Wildman–Crippen LogP) is 5.95. The number of rotatable bonds is 9. The summed E-state index contributed by atoms with van der Waals surface area (Å²) in [5.74, 6) is 2.18. The van der Waals surface area contributed by atoms with Gasteiger partial charge in [-0.25, -0.2) is 0 Å². The molecule has 0 aromatic rings. The number of unbranched alkanes of at least 4 members (excludes halogenated alkanes) is 6. The molecule has 0 amide bonds. The number of hydrogen-bond donors (Lipinski definition) is 0. The molecule has 96 valence electrons. The molecule has 1 aliphatic carbocycles. The van der Waals surface area contributed by atoms with E-state index in [1.54, 1.807) is 6.42 Å². The van der Waals surface area contributed by atoms with E-state index in [4.69, 9.17) is 0 Å². The molecule has 1 rings (SSSR count). The van der Waals surface area contributed by atoms with Gasteiger partial charge in [-0.3, -0.25) is 0 Å². The molecular formula is C16H32. The van der Waals surface area contributed by atoms with Crippen molar-refractivity contribution in [3.05, 3.63) is 0 Å². The minimum atomic E-state index is 1.08. The van der Waals surface area contributed by atoms with Crippen molar-refractivity contribution in [3.63, 3.8) is 0 Å². The summed E-state index contributed by atoms with van der Waals surface area (Å²) >= 11 is 0. The van der Waals surface area contributed by atoms with Crippen LogP contribution in [0.4, 0.5) is 0 Å². The van der Waals surface area contributed by atoms with Gasteiger partial charge >= 0.3 is 0 Å². The zero-order chi connectivity index (χ0) is 11.6. The molecular weight excluding hydrogens is 192 g/mol. The fraction of sp³-hybridized carbons (Fsp3) is 1.00. The van der Waals surface area contributed by atoms with Crippen LogP contribution in [0.5, 0.6) is 0 Å². The van der Waals surface area contributed by atoms with Gasteiger partial charge in [0, 0.05) is 0 Å². The Hall–Kier alpha value is 0. The molecule has 0 aliphatic heterocycles. The Morgan fingerprint density at radius 1 is 0.750 bits per heavy atom. The van der Waals surface area contributed by atoms with Crippen molar-refractivity contribution in [1.29, 1.82) is 0 Å². The Balaban J connectivity index is 1.84. The second kappa shape index (κ2) is 9.07. The van der Waals surface area contributed by atoms with Crippen molar-refractivity contribution in [2.45, 2.75) is 90.9 Å². The minimum Gasteiger partial charge on any atom is -0.0654 e. The first-order valence-electron chi connectivity index (χ1n) is 7.86. The van der Waals surface area contributed by atoms with Gasteiger partial charge in [0.05, 0.1) is 0 Å². The highest BCUT2D eigenvalue weighted by Gasteiger charge is 2.22. The lowest BCUT2D eigenvalue weighted by molar-refractivity contribution is 0.433. The molecule has 1 aliphatic rings. The van der Waals surface area contributed by atoms with Gasteiger partial charge in [0.2, 0.25) is 0 Å². The van der Waals surface area contributed by atoms with Gasteiger partial charge in [0.1, 0.15) is 0 Å². The monoisotopic (exact) mass is 224 g/mol. The Kier molecular flexibility index (Phi) is 7.98. The van der Waals surface area contributed by atoms with E-state index in [9.17, 15) is 0 Å². The van der Waals surface area contributed by atoms with Crippen LogP contribution in [-0.2, 0) is 0 Å². The van der Waals surface area contributed by atoms with Gasteiger partial charge < -0.3 is 0 Å². The molecule has 0 aromatic heterocycles. The molecule has 16 heavy (non-hydrogen) atoms. The third kappa shape index (κ3) is 5.92. The van der Waals surface area contributed by atoms with Crippen LogP contribution in [0.3, 0.4) is 0 Å². The van der Waals surface area contributed by atoms with E-state index in [0.29, 0.717) is 0 Å². The van der Waals surface area contributed by atoms with Crippen LogP contribution in [0.15, 0.2) is 0 Å². The second-order valence-corrected chi connectivity index (χ2v) is 5.86. The summed E-state index contributed by atoms with van der Waals surface area (Å²) in [7, 11) is 0. The molecule has 0 saturated heterocycles. The fourth-order valence-corrected chi connectivity index (χ4v) is 3.20. The van der Waals surface area contributed by atoms with Crippen molar-refractivity contribution in [2.24, 2.45) is 11.8 Å². The molecule has 2 atom stereocenters. The fourth-order valence-electron chi connectivity index (χ4n) is 3.20. The molecule has 0 radical (unpaired) electrons. The van der Waals surface area contributed by atoms with Crippen molar-refractivity contribution in [3.8, 4) is 0 Å². The van der Waals surface area contributed by atoms with Crippen LogP contribution in [0, 0.1) is 11.8 Å². The predicted molar refractivity (Wildman–Crippen MR) is 73.7 cm³/mol. The maximum absolute atomic E-state index is 2.36. The van der Waals surface area contributed by atoms with Crippen LogP contribution in [0.2, 0.25) is 0 Å². The van der Waals surface area contributed by atoms with Crippen LogP contribution >= 0.6 is 0 Å². The van der Waals surface area contributed by atoms with Crippen molar-refractivity contribution >= 4 is 0 Å². The van der Waals surface area contributed by atoms with Gasteiger partial charge in [-0.05, 0) is 18.3 Å². The lowest BCUT2D eigenvalue weighted by atomic mass is 9.97. The minimum absolute atomic E-state index is 1.08. The van der Waals surface area contributed by atoms with E-state index in [0.717, 1.165) is 11.8 Å². The van der Waals surface area contributed by atoms with Gasteiger partial charge in [-0.1, -0.05) is 84.5 Å². The van der Waals surface area contributed by atoms with Gasteiger partial charge in [-0.15, -0.1) is 0 Å². The Bertz CT molecular complexity index is 150. The van der Waals surface area contributed by atoms with Gasteiger partial charge in [0.15, 0.2) is 0 Å². The quantitative estimate of drug-likeness (QED) is 0.424. The topological polar surface area (TPSA) is 0 Å². The summed E-state index contributed by atoms with van der Waals surface area (Å²) < 4.78 is 0.